The Morgan fingerprint density at radius 1 is 0.458 bits per heavy atom. The van der Waals surface area contributed by atoms with E-state index in [2.05, 4.69) is 106 Å². The van der Waals surface area contributed by atoms with Crippen LogP contribution in [0.3, 0.4) is 0 Å². The third-order valence-electron chi connectivity index (χ3n) is 3.88. The summed E-state index contributed by atoms with van der Waals surface area (Å²) in [7, 11) is 4.50. The smallest absolute Gasteiger partial charge is 0.0606 e. The zero-order valence-corrected chi connectivity index (χ0v) is 15.0. The third kappa shape index (κ3) is 4.29. The Morgan fingerprint density at radius 3 is 0.875 bits per heavy atom. The molecule has 2 heteroatoms. The van der Waals surface area contributed by atoms with Crippen LogP contribution in [0.2, 0.25) is 6.82 Å². The van der Waals surface area contributed by atoms with E-state index in [0.717, 1.165) is 0 Å². The van der Waals surface area contributed by atoms with E-state index in [4.69, 9.17) is 0 Å². The Labute approximate surface area is 147 Å². The zero-order chi connectivity index (χ0) is 17.5. The van der Waals surface area contributed by atoms with Crippen LogP contribution >= 0.6 is 0 Å². The summed E-state index contributed by atoms with van der Waals surface area (Å²) in [4.78, 5) is 2.29. The first-order chi connectivity index (χ1) is 11.6. The lowest BCUT2D eigenvalue weighted by atomic mass is 10.1. The van der Waals surface area contributed by atoms with E-state index in [1.807, 2.05) is 0 Å². The highest BCUT2D eigenvalue weighted by Gasteiger charge is 2.11. The number of anilines is 3. The third-order valence-corrected chi connectivity index (χ3v) is 3.88. The van der Waals surface area contributed by atoms with Gasteiger partial charge in [-0.2, -0.15) is 0 Å². The summed E-state index contributed by atoms with van der Waals surface area (Å²) in [6.45, 7) is 7.85. The van der Waals surface area contributed by atoms with Gasteiger partial charge in [-0.3, -0.25) is 0 Å². The van der Waals surface area contributed by atoms with Gasteiger partial charge in [0.25, 0.3) is 0 Å². The zero-order valence-electron chi connectivity index (χ0n) is 15.0. The van der Waals surface area contributed by atoms with Crippen LogP contribution in [-0.2, 0) is 0 Å². The van der Waals surface area contributed by atoms with E-state index < -0.39 is 0 Å². The summed E-state index contributed by atoms with van der Waals surface area (Å²) in [6.07, 6.45) is 0. The molecular formula is C22H24BN. The molecule has 0 unspecified atom stereocenters. The van der Waals surface area contributed by atoms with E-state index in [0.29, 0.717) is 0 Å². The number of nitrogens with zero attached hydrogens (tertiary/aromatic N) is 1. The fraction of sp³-hybridized carbons (Fsp3) is 0.182. The van der Waals surface area contributed by atoms with Gasteiger partial charge in [-0.1, -0.05) is 59.9 Å². The fourth-order valence-corrected chi connectivity index (χ4v) is 2.53. The molecule has 2 radical (unpaired) electrons. The first-order valence-corrected chi connectivity index (χ1v) is 8.21. The van der Waals surface area contributed by atoms with Gasteiger partial charge in [0, 0.05) is 17.1 Å². The molecule has 3 aromatic carbocycles. The topological polar surface area (TPSA) is 3.24 Å². The molecule has 0 saturated carbocycles. The largest absolute Gasteiger partial charge is 0.311 e. The highest BCUT2D eigenvalue weighted by atomic mass is 15.1. The van der Waals surface area contributed by atoms with Crippen molar-refractivity contribution in [3.8, 4) is 0 Å². The fourth-order valence-electron chi connectivity index (χ4n) is 2.53. The summed E-state index contributed by atoms with van der Waals surface area (Å²) < 4.78 is 0. The van der Waals surface area contributed by atoms with E-state index >= 15 is 0 Å². The van der Waals surface area contributed by atoms with Crippen molar-refractivity contribution in [2.75, 3.05) is 4.90 Å². The Bertz CT molecular complexity index is 635. The van der Waals surface area contributed by atoms with E-state index in [1.165, 1.54) is 40.6 Å². The monoisotopic (exact) mass is 313 g/mol. The molecule has 0 atom stereocenters. The second kappa shape index (κ2) is 8.40. The van der Waals surface area contributed by atoms with Crippen molar-refractivity contribution in [3.63, 3.8) is 0 Å². The van der Waals surface area contributed by atoms with Gasteiger partial charge in [0.1, 0.15) is 0 Å². The summed E-state index contributed by atoms with van der Waals surface area (Å²) in [5.74, 6) is 0. The van der Waals surface area contributed by atoms with E-state index in [-0.39, 0.29) is 0 Å². The summed E-state index contributed by atoms with van der Waals surface area (Å²) >= 11 is 0. The van der Waals surface area contributed by atoms with Crippen LogP contribution in [0, 0.1) is 20.8 Å². The van der Waals surface area contributed by atoms with Gasteiger partial charge in [0.2, 0.25) is 0 Å². The quantitative estimate of drug-likeness (QED) is 0.514. The average Bonchev–Trinajstić information content (AvgIpc) is 2.62. The summed E-state index contributed by atoms with van der Waals surface area (Å²) in [5.41, 5.74) is 7.36. The minimum Gasteiger partial charge on any atom is -0.311 e. The van der Waals surface area contributed by atoms with Crippen LogP contribution in [-0.4, -0.2) is 7.85 Å². The number of hydrogen-bond donors (Lipinski definition) is 0. The lowest BCUT2D eigenvalue weighted by molar-refractivity contribution is 1.26. The standard InChI is InChI=1S/C21H21N.CH3B/c1-16-4-10-19(11-5-16)22(20-12-6-17(2)7-13-20)21-14-8-18(3)9-15-21;1-2/h4-15H,1-3H3;1H3. The van der Waals surface area contributed by atoms with Crippen molar-refractivity contribution < 1.29 is 0 Å². The van der Waals surface area contributed by atoms with E-state index in [1.54, 1.807) is 0 Å². The van der Waals surface area contributed by atoms with Crippen molar-refractivity contribution >= 4 is 24.9 Å². The van der Waals surface area contributed by atoms with Crippen LogP contribution in [0.5, 0.6) is 0 Å². The number of benzene rings is 3. The maximum Gasteiger partial charge on any atom is 0.0606 e. The average molecular weight is 313 g/mol. The van der Waals surface area contributed by atoms with Gasteiger partial charge in [-0.25, -0.2) is 0 Å². The highest BCUT2D eigenvalue weighted by Crippen LogP contribution is 2.34. The van der Waals surface area contributed by atoms with Crippen molar-refractivity contribution in [2.24, 2.45) is 0 Å². The molecule has 0 spiro atoms. The van der Waals surface area contributed by atoms with Gasteiger partial charge in [-0.05, 0) is 57.2 Å². The molecule has 120 valence electrons. The van der Waals surface area contributed by atoms with E-state index in [9.17, 15) is 0 Å². The number of rotatable bonds is 3. The van der Waals surface area contributed by atoms with Crippen LogP contribution in [0.1, 0.15) is 16.7 Å². The Kier molecular flexibility index (Phi) is 6.25. The number of hydrogen-bond acceptors (Lipinski definition) is 1. The highest BCUT2D eigenvalue weighted by molar-refractivity contribution is 6.05. The van der Waals surface area contributed by atoms with Crippen LogP contribution < -0.4 is 4.90 Å². The van der Waals surface area contributed by atoms with Crippen molar-refractivity contribution in [2.45, 2.75) is 27.6 Å². The first kappa shape index (κ1) is 17.9. The molecule has 0 aliphatic carbocycles. The van der Waals surface area contributed by atoms with Gasteiger partial charge >= 0.3 is 0 Å². The minimum absolute atomic E-state index is 1.18. The van der Waals surface area contributed by atoms with Crippen LogP contribution in [0.25, 0.3) is 0 Å². The van der Waals surface area contributed by atoms with Gasteiger partial charge in [-0.15, -0.1) is 0 Å². The Morgan fingerprint density at radius 2 is 0.667 bits per heavy atom. The second-order valence-electron chi connectivity index (χ2n) is 5.84. The molecule has 24 heavy (non-hydrogen) atoms. The van der Waals surface area contributed by atoms with Crippen molar-refractivity contribution in [1.29, 1.82) is 0 Å². The predicted molar refractivity (Wildman–Crippen MR) is 107 cm³/mol. The molecule has 0 heterocycles. The molecule has 0 bridgehead atoms. The lowest BCUT2D eigenvalue weighted by Gasteiger charge is -2.25. The number of aryl methyl sites for hydroxylation is 3. The predicted octanol–water partition coefficient (Wildman–Crippen LogP) is 6.28. The molecule has 0 saturated heterocycles. The Hall–Kier alpha value is -2.48. The summed E-state index contributed by atoms with van der Waals surface area (Å²) in [6, 6.07) is 26.0. The lowest BCUT2D eigenvalue weighted by Crippen LogP contribution is -2.09. The molecule has 3 rings (SSSR count). The molecular weight excluding hydrogens is 289 g/mol. The molecule has 0 aromatic heterocycles. The molecule has 0 N–H and O–H groups in total. The van der Waals surface area contributed by atoms with Crippen LogP contribution in [0.15, 0.2) is 72.8 Å². The molecule has 3 aromatic rings. The molecule has 0 aliphatic rings. The summed E-state index contributed by atoms with van der Waals surface area (Å²) in [5, 5.41) is 0. The Balaban J connectivity index is 0.00000100. The maximum absolute atomic E-state index is 4.50. The van der Waals surface area contributed by atoms with Crippen molar-refractivity contribution in [1.82, 2.24) is 0 Å². The van der Waals surface area contributed by atoms with Crippen LogP contribution in [0.4, 0.5) is 17.1 Å². The van der Waals surface area contributed by atoms with Gasteiger partial charge < -0.3 is 4.90 Å². The molecule has 0 fully saturated rings. The SMILES string of the molecule is Cc1ccc(N(c2ccc(C)cc2)c2ccc(C)cc2)cc1.[B]C. The molecule has 0 amide bonds. The molecule has 1 nitrogen and oxygen atoms in total. The first-order valence-electron chi connectivity index (χ1n) is 8.21. The minimum atomic E-state index is 1.18. The second-order valence-corrected chi connectivity index (χ2v) is 5.84. The maximum atomic E-state index is 4.50. The van der Waals surface area contributed by atoms with Crippen molar-refractivity contribution in [3.05, 3.63) is 89.5 Å². The normalized spacial score (nSPS) is 9.83. The molecule has 0 aliphatic heterocycles. The van der Waals surface area contributed by atoms with Gasteiger partial charge in [0.05, 0.1) is 7.85 Å². The van der Waals surface area contributed by atoms with Gasteiger partial charge in [0.15, 0.2) is 0 Å².